The van der Waals surface area contributed by atoms with Gasteiger partial charge < -0.3 is 19.8 Å². The Morgan fingerprint density at radius 3 is 2.19 bits per heavy atom. The minimum Gasteiger partial charge on any atom is -0.480 e. The average molecular weight is 302 g/mol. The van der Waals surface area contributed by atoms with Crippen LogP contribution >= 0.6 is 0 Å². The Morgan fingerprint density at radius 1 is 1.29 bits per heavy atom. The van der Waals surface area contributed by atoms with Crippen LogP contribution in [0.5, 0.6) is 0 Å². The highest BCUT2D eigenvalue weighted by atomic mass is 16.6. The van der Waals surface area contributed by atoms with Crippen LogP contribution < -0.4 is 0 Å². The number of hydrogen-bond acceptors (Lipinski definition) is 4. The fraction of sp³-hybridized carbons (Fsp3) is 0.769. The second kappa shape index (κ2) is 6.19. The molecule has 2 N–H and O–H groups in total. The van der Waals surface area contributed by atoms with Gasteiger partial charge in [0.2, 0.25) is 0 Å². The Balaban J connectivity index is 2.86. The fourth-order valence-electron chi connectivity index (χ4n) is 2.34. The summed E-state index contributed by atoms with van der Waals surface area (Å²) >= 11 is 0. The molecule has 0 unspecified atom stereocenters. The maximum Gasteiger partial charge on any atom is 0.410 e. The van der Waals surface area contributed by atoms with Crippen LogP contribution in [0.15, 0.2) is 0 Å². The molecule has 0 aromatic rings. The van der Waals surface area contributed by atoms with E-state index in [1.54, 1.807) is 27.7 Å². The van der Waals surface area contributed by atoms with E-state index in [9.17, 15) is 14.4 Å². The van der Waals surface area contributed by atoms with Crippen LogP contribution in [0.1, 0.15) is 34.1 Å². The molecule has 2 amide bonds. The Bertz CT molecular complexity index is 409. The van der Waals surface area contributed by atoms with E-state index in [0.717, 1.165) is 4.90 Å². The molecule has 21 heavy (non-hydrogen) atoms. The minimum absolute atomic E-state index is 0.0284. The summed E-state index contributed by atoms with van der Waals surface area (Å²) in [5.74, 6) is -1.21. The van der Waals surface area contributed by atoms with Crippen molar-refractivity contribution in [3.8, 4) is 0 Å². The van der Waals surface area contributed by atoms with Crippen molar-refractivity contribution in [2.75, 3.05) is 13.1 Å². The zero-order valence-corrected chi connectivity index (χ0v) is 12.7. The average Bonchev–Trinajstić information content (AvgIpc) is 2.72. The first kappa shape index (κ1) is 17.1. The molecule has 1 aliphatic heterocycles. The number of rotatable bonds is 3. The minimum atomic E-state index is -1.30. The van der Waals surface area contributed by atoms with Crippen LogP contribution in [0.2, 0.25) is 0 Å². The highest BCUT2D eigenvalue weighted by Crippen LogP contribution is 2.24. The number of nitrogens with zero attached hydrogens (tertiary/aromatic N) is 2. The van der Waals surface area contributed by atoms with Gasteiger partial charge in [0.1, 0.15) is 11.6 Å². The summed E-state index contributed by atoms with van der Waals surface area (Å²) in [6.07, 6.45) is -1.80. The van der Waals surface area contributed by atoms with Crippen molar-refractivity contribution in [3.63, 3.8) is 0 Å². The number of likely N-dealkylation sites (tertiary alicyclic amines) is 1. The zero-order chi connectivity index (χ0) is 16.4. The number of carbonyl (C=O) groups is 3. The number of carbonyl (C=O) groups excluding carboxylic acids is 1. The summed E-state index contributed by atoms with van der Waals surface area (Å²) in [6, 6.07) is -1.63. The third-order valence-electron chi connectivity index (χ3n) is 3.22. The van der Waals surface area contributed by atoms with Gasteiger partial charge in [0, 0.05) is 19.5 Å². The van der Waals surface area contributed by atoms with Gasteiger partial charge in [-0.05, 0) is 27.7 Å². The first-order chi connectivity index (χ1) is 9.56. The van der Waals surface area contributed by atoms with Crippen molar-refractivity contribution >= 4 is 18.2 Å². The van der Waals surface area contributed by atoms with Crippen LogP contribution in [0, 0.1) is 0 Å². The van der Waals surface area contributed by atoms with E-state index in [1.807, 2.05) is 0 Å². The van der Waals surface area contributed by atoms with Gasteiger partial charge in [-0.25, -0.2) is 14.4 Å². The number of carboxylic acid groups (broad SMARTS) is 2. The lowest BCUT2D eigenvalue weighted by molar-refractivity contribution is -0.141. The van der Waals surface area contributed by atoms with Crippen LogP contribution in [0.4, 0.5) is 9.59 Å². The predicted molar refractivity (Wildman–Crippen MR) is 73.2 cm³/mol. The highest BCUT2D eigenvalue weighted by Gasteiger charge is 2.43. The molecule has 0 bridgehead atoms. The van der Waals surface area contributed by atoms with Crippen LogP contribution in [-0.4, -0.2) is 68.9 Å². The molecule has 1 aliphatic rings. The Labute approximate surface area is 123 Å². The molecule has 0 radical (unpaired) electrons. The zero-order valence-electron chi connectivity index (χ0n) is 12.7. The maximum absolute atomic E-state index is 12.1. The van der Waals surface area contributed by atoms with Gasteiger partial charge in [-0.2, -0.15) is 0 Å². The molecule has 0 saturated carbocycles. The summed E-state index contributed by atoms with van der Waals surface area (Å²) in [6.45, 7) is 7.23. The number of likely N-dealkylation sites (N-methyl/N-ethyl adjacent to an activating group) is 1. The largest absolute Gasteiger partial charge is 0.480 e. The number of amides is 2. The smallest absolute Gasteiger partial charge is 0.410 e. The lowest BCUT2D eigenvalue weighted by Gasteiger charge is -2.30. The number of aliphatic carboxylic acids is 1. The summed E-state index contributed by atoms with van der Waals surface area (Å²) in [5, 5.41) is 18.1. The van der Waals surface area contributed by atoms with Crippen molar-refractivity contribution in [1.29, 1.82) is 0 Å². The Kier molecular flexibility index (Phi) is 5.03. The van der Waals surface area contributed by atoms with Gasteiger partial charge in [-0.1, -0.05) is 0 Å². The van der Waals surface area contributed by atoms with E-state index < -0.39 is 35.8 Å². The van der Waals surface area contributed by atoms with Crippen molar-refractivity contribution in [3.05, 3.63) is 0 Å². The molecule has 1 rings (SSSR count). The van der Waals surface area contributed by atoms with Crippen molar-refractivity contribution in [1.82, 2.24) is 9.80 Å². The predicted octanol–water partition coefficient (Wildman–Crippen LogP) is 1.45. The molecule has 1 fully saturated rings. The van der Waals surface area contributed by atoms with E-state index in [2.05, 4.69) is 0 Å². The molecule has 0 spiro atoms. The van der Waals surface area contributed by atoms with Crippen molar-refractivity contribution in [2.45, 2.75) is 51.8 Å². The van der Waals surface area contributed by atoms with Crippen LogP contribution in [0.3, 0.4) is 0 Å². The molecule has 0 aliphatic carbocycles. The molecule has 1 heterocycles. The van der Waals surface area contributed by atoms with Gasteiger partial charge in [0.05, 0.1) is 6.04 Å². The Hall–Kier alpha value is -1.99. The normalized spacial score (nSPS) is 22.0. The second-order valence-electron chi connectivity index (χ2n) is 5.94. The van der Waals surface area contributed by atoms with Gasteiger partial charge in [-0.15, -0.1) is 0 Å². The van der Waals surface area contributed by atoms with Gasteiger partial charge >= 0.3 is 18.2 Å². The topological polar surface area (TPSA) is 107 Å². The second-order valence-corrected chi connectivity index (χ2v) is 5.94. The van der Waals surface area contributed by atoms with E-state index >= 15 is 0 Å². The standard InChI is InChI=1S/C13H22N2O6/c1-5-14(12(20)21-13(2,3)4)8-6-9(10(16)17)15(7-8)11(18)19/h8-9H,5-7H2,1-4H3,(H,16,17)(H,18,19)/t8-,9+/m1/s1. The van der Waals surface area contributed by atoms with E-state index in [1.165, 1.54) is 4.90 Å². The number of carboxylic acids is 1. The molecule has 8 nitrogen and oxygen atoms in total. The summed E-state index contributed by atoms with van der Waals surface area (Å²) in [4.78, 5) is 36.6. The molecule has 0 aromatic carbocycles. The molecular weight excluding hydrogens is 280 g/mol. The SMILES string of the molecule is CCN(C(=O)OC(C)(C)C)[C@@H]1C[C@@H](C(=O)O)N(C(=O)O)C1. The summed E-state index contributed by atoms with van der Waals surface area (Å²) in [7, 11) is 0. The third kappa shape index (κ3) is 4.24. The van der Waals surface area contributed by atoms with Crippen molar-refractivity contribution < 1.29 is 29.3 Å². The summed E-state index contributed by atoms with van der Waals surface area (Å²) < 4.78 is 5.27. The first-order valence-corrected chi connectivity index (χ1v) is 6.78. The summed E-state index contributed by atoms with van der Waals surface area (Å²) in [5.41, 5.74) is -0.665. The first-order valence-electron chi connectivity index (χ1n) is 6.78. The molecule has 1 saturated heterocycles. The van der Waals surface area contributed by atoms with Crippen LogP contribution in [-0.2, 0) is 9.53 Å². The molecular formula is C13H22N2O6. The quantitative estimate of drug-likeness (QED) is 0.817. The van der Waals surface area contributed by atoms with E-state index in [4.69, 9.17) is 14.9 Å². The van der Waals surface area contributed by atoms with Gasteiger partial charge in [-0.3, -0.25) is 4.90 Å². The highest BCUT2D eigenvalue weighted by molar-refractivity contribution is 5.80. The lowest BCUT2D eigenvalue weighted by Crippen LogP contribution is -2.45. The molecule has 2 atom stereocenters. The number of hydrogen-bond donors (Lipinski definition) is 2. The lowest BCUT2D eigenvalue weighted by atomic mass is 10.1. The maximum atomic E-state index is 12.1. The molecule has 8 heteroatoms. The molecule has 120 valence electrons. The molecule has 0 aromatic heterocycles. The fourth-order valence-corrected chi connectivity index (χ4v) is 2.34. The van der Waals surface area contributed by atoms with Gasteiger partial charge in [0.15, 0.2) is 0 Å². The monoisotopic (exact) mass is 302 g/mol. The van der Waals surface area contributed by atoms with E-state index in [0.29, 0.717) is 6.54 Å². The third-order valence-corrected chi connectivity index (χ3v) is 3.22. The Morgan fingerprint density at radius 2 is 1.86 bits per heavy atom. The number of ether oxygens (including phenoxy) is 1. The van der Waals surface area contributed by atoms with E-state index in [-0.39, 0.29) is 13.0 Å². The van der Waals surface area contributed by atoms with Gasteiger partial charge in [0.25, 0.3) is 0 Å². The van der Waals surface area contributed by atoms with Crippen molar-refractivity contribution in [2.24, 2.45) is 0 Å². The van der Waals surface area contributed by atoms with Crippen LogP contribution in [0.25, 0.3) is 0 Å².